The normalized spacial score (nSPS) is 11.9. The van der Waals surface area contributed by atoms with Crippen molar-refractivity contribution in [2.75, 3.05) is 0 Å². The molecule has 0 saturated carbocycles. The molecule has 0 spiro atoms. The van der Waals surface area contributed by atoms with Gasteiger partial charge in [-0.2, -0.15) is 0 Å². The van der Waals surface area contributed by atoms with Crippen LogP contribution in [0, 0.1) is 0 Å². The Morgan fingerprint density at radius 3 is 2.24 bits per heavy atom. The number of furan rings is 1. The lowest BCUT2D eigenvalue weighted by Gasteiger charge is -2.14. The zero-order valence-corrected chi connectivity index (χ0v) is 19.2. The number of benzene rings is 5. The summed E-state index contributed by atoms with van der Waals surface area (Å²) in [5, 5.41) is 8.91. The predicted octanol–water partition coefficient (Wildman–Crippen LogP) is 9.33. The van der Waals surface area contributed by atoms with Crippen molar-refractivity contribution in [1.82, 2.24) is 0 Å². The predicted molar refractivity (Wildman–Crippen MR) is 146 cm³/mol. The molecule has 1 nitrogen and oxygen atoms in total. The summed E-state index contributed by atoms with van der Waals surface area (Å²) in [5.41, 5.74) is 6.31. The van der Waals surface area contributed by atoms with Crippen LogP contribution in [0.5, 0.6) is 0 Å². The highest BCUT2D eigenvalue weighted by atomic mass is 32.1. The lowest BCUT2D eigenvalue weighted by Crippen LogP contribution is -1.94. The van der Waals surface area contributed by atoms with Gasteiger partial charge in [0, 0.05) is 21.7 Å². The average molecular weight is 443 g/mol. The molecule has 0 fully saturated rings. The van der Waals surface area contributed by atoms with Gasteiger partial charge in [0.15, 0.2) is 0 Å². The number of fused-ring (bicyclic) bond motifs is 5. The van der Waals surface area contributed by atoms with Gasteiger partial charge in [-0.15, -0.1) is 0 Å². The molecule has 0 aliphatic carbocycles. The van der Waals surface area contributed by atoms with E-state index < -0.39 is 0 Å². The molecule has 1 aromatic heterocycles. The van der Waals surface area contributed by atoms with Crippen molar-refractivity contribution in [3.8, 4) is 11.1 Å². The van der Waals surface area contributed by atoms with Gasteiger partial charge in [-0.25, -0.2) is 0 Å². The van der Waals surface area contributed by atoms with Gasteiger partial charge in [0.25, 0.3) is 0 Å². The van der Waals surface area contributed by atoms with Gasteiger partial charge in [0.2, 0.25) is 0 Å². The van der Waals surface area contributed by atoms with Gasteiger partial charge in [0.1, 0.15) is 11.2 Å². The topological polar surface area (TPSA) is 13.1 Å². The Kier molecular flexibility index (Phi) is 4.82. The van der Waals surface area contributed by atoms with Gasteiger partial charge in [-0.3, -0.25) is 0 Å². The molecule has 2 heteroatoms. The van der Waals surface area contributed by atoms with Crippen LogP contribution in [-0.2, 0) is 0 Å². The van der Waals surface area contributed by atoms with E-state index in [1.807, 2.05) is 5.37 Å². The highest BCUT2D eigenvalue weighted by Gasteiger charge is 2.15. The van der Waals surface area contributed by atoms with Crippen LogP contribution in [0.25, 0.3) is 60.7 Å². The summed E-state index contributed by atoms with van der Waals surface area (Å²) < 4.78 is 6.35. The van der Waals surface area contributed by atoms with Gasteiger partial charge in [-0.05, 0) is 75.0 Å². The number of hydrogen-bond acceptors (Lipinski definition) is 2. The average Bonchev–Trinajstić information content (AvgIpc) is 3.21. The highest BCUT2D eigenvalue weighted by Crippen LogP contribution is 2.39. The van der Waals surface area contributed by atoms with Crippen molar-refractivity contribution in [2.45, 2.75) is 13.3 Å². The molecule has 0 aliphatic rings. The van der Waals surface area contributed by atoms with Crippen molar-refractivity contribution >= 4 is 67.1 Å². The minimum absolute atomic E-state index is 0.895. The second-order valence-electron chi connectivity index (χ2n) is 8.41. The van der Waals surface area contributed by atoms with Gasteiger partial charge in [-0.1, -0.05) is 85.9 Å². The SMILES string of the molecule is CC/C=C\c1cc2ccccc2c(-c2ccc3c(c2)oc2cc4ccccc4cc23)c1C=S. The number of hydrogen-bond donors (Lipinski definition) is 0. The van der Waals surface area contributed by atoms with E-state index in [4.69, 9.17) is 16.6 Å². The molecular formula is C31H22OS. The molecule has 0 bridgehead atoms. The first-order chi connectivity index (χ1) is 16.3. The summed E-state index contributed by atoms with van der Waals surface area (Å²) in [6.07, 6.45) is 5.35. The van der Waals surface area contributed by atoms with E-state index in [0.717, 1.165) is 50.6 Å². The Labute approximate surface area is 198 Å². The molecule has 0 radical (unpaired) electrons. The van der Waals surface area contributed by atoms with E-state index in [2.05, 4.69) is 104 Å². The number of rotatable bonds is 4. The molecule has 0 aliphatic heterocycles. The summed E-state index contributed by atoms with van der Waals surface area (Å²) in [7, 11) is 0. The standard InChI is InChI=1S/C31H22OS/c1-2-3-8-23-15-22-11-6-7-12-25(22)31(28(23)19-33)24-13-14-26-27-16-20-9-4-5-10-21(20)17-30(27)32-29(26)18-24/h3-19H,2H2,1H3/b8-3-. The van der Waals surface area contributed by atoms with Crippen LogP contribution < -0.4 is 0 Å². The number of thiocarbonyl (C=S) groups is 1. The third-order valence-electron chi connectivity index (χ3n) is 6.40. The van der Waals surface area contributed by atoms with Gasteiger partial charge >= 0.3 is 0 Å². The molecule has 0 atom stereocenters. The first kappa shape index (κ1) is 19.9. The second kappa shape index (κ2) is 7.99. The van der Waals surface area contributed by atoms with Crippen LogP contribution in [0.3, 0.4) is 0 Å². The minimum atomic E-state index is 0.895. The van der Waals surface area contributed by atoms with Crippen molar-refractivity contribution < 1.29 is 4.42 Å². The maximum absolute atomic E-state index is 6.35. The molecule has 0 saturated heterocycles. The molecule has 1 heterocycles. The van der Waals surface area contributed by atoms with Crippen molar-refractivity contribution in [2.24, 2.45) is 0 Å². The van der Waals surface area contributed by atoms with E-state index >= 15 is 0 Å². The van der Waals surface area contributed by atoms with E-state index in [9.17, 15) is 0 Å². The fourth-order valence-electron chi connectivity index (χ4n) is 4.82. The second-order valence-corrected chi connectivity index (χ2v) is 8.65. The van der Waals surface area contributed by atoms with Crippen molar-refractivity contribution in [3.63, 3.8) is 0 Å². The van der Waals surface area contributed by atoms with Crippen LogP contribution in [0.15, 0.2) is 95.4 Å². The lowest BCUT2D eigenvalue weighted by atomic mass is 9.89. The quantitative estimate of drug-likeness (QED) is 0.252. The molecule has 0 N–H and O–H groups in total. The largest absolute Gasteiger partial charge is 0.456 e. The molecular weight excluding hydrogens is 420 g/mol. The first-order valence-electron chi connectivity index (χ1n) is 11.3. The summed E-state index contributed by atoms with van der Waals surface area (Å²) in [6.45, 7) is 2.15. The molecule has 158 valence electrons. The lowest BCUT2D eigenvalue weighted by molar-refractivity contribution is 0.669. The van der Waals surface area contributed by atoms with Gasteiger partial charge < -0.3 is 4.42 Å². The summed E-state index contributed by atoms with van der Waals surface area (Å²) in [6, 6.07) is 30.1. The summed E-state index contributed by atoms with van der Waals surface area (Å²) >= 11 is 5.52. The Morgan fingerprint density at radius 1 is 0.727 bits per heavy atom. The van der Waals surface area contributed by atoms with Crippen molar-refractivity contribution in [3.05, 3.63) is 102 Å². The van der Waals surface area contributed by atoms with Crippen LogP contribution >= 0.6 is 12.2 Å². The highest BCUT2D eigenvalue weighted by molar-refractivity contribution is 7.79. The number of allylic oxidation sites excluding steroid dienone is 1. The molecule has 0 unspecified atom stereocenters. The zero-order chi connectivity index (χ0) is 22.4. The molecule has 6 rings (SSSR count). The maximum atomic E-state index is 6.35. The summed E-state index contributed by atoms with van der Waals surface area (Å²) in [4.78, 5) is 0. The monoisotopic (exact) mass is 442 g/mol. The maximum Gasteiger partial charge on any atom is 0.136 e. The third-order valence-corrected chi connectivity index (χ3v) is 6.64. The van der Waals surface area contributed by atoms with Crippen LogP contribution in [0.1, 0.15) is 24.5 Å². The van der Waals surface area contributed by atoms with E-state index in [-0.39, 0.29) is 0 Å². The van der Waals surface area contributed by atoms with Crippen LogP contribution in [-0.4, -0.2) is 5.37 Å². The molecule has 6 aromatic rings. The Balaban J connectivity index is 1.64. The smallest absolute Gasteiger partial charge is 0.136 e. The Morgan fingerprint density at radius 2 is 1.45 bits per heavy atom. The fraction of sp³-hybridized carbons (Fsp3) is 0.0645. The Bertz CT molecular complexity index is 1720. The van der Waals surface area contributed by atoms with Crippen LogP contribution in [0.4, 0.5) is 0 Å². The molecule has 0 amide bonds. The Hall–Kier alpha value is -3.75. The van der Waals surface area contributed by atoms with Gasteiger partial charge in [0.05, 0.1) is 0 Å². The van der Waals surface area contributed by atoms with E-state index in [1.54, 1.807) is 0 Å². The first-order valence-corrected chi connectivity index (χ1v) is 11.8. The summed E-state index contributed by atoms with van der Waals surface area (Å²) in [5.74, 6) is 0. The van der Waals surface area contributed by atoms with Crippen LogP contribution in [0.2, 0.25) is 0 Å². The van der Waals surface area contributed by atoms with E-state index in [1.165, 1.54) is 21.5 Å². The molecule has 33 heavy (non-hydrogen) atoms. The third kappa shape index (κ3) is 3.26. The van der Waals surface area contributed by atoms with Crippen molar-refractivity contribution in [1.29, 1.82) is 0 Å². The molecule has 5 aromatic carbocycles. The zero-order valence-electron chi connectivity index (χ0n) is 18.3. The minimum Gasteiger partial charge on any atom is -0.456 e. The fourth-order valence-corrected chi connectivity index (χ4v) is 5.08. The van der Waals surface area contributed by atoms with E-state index in [0.29, 0.717) is 0 Å².